The molecule has 0 fully saturated rings. The maximum atomic E-state index is 11.9. The van der Waals surface area contributed by atoms with Crippen molar-refractivity contribution in [3.63, 3.8) is 0 Å². The van der Waals surface area contributed by atoms with Gasteiger partial charge < -0.3 is 9.84 Å². The number of hydrogen-bond donors (Lipinski definition) is 1. The highest BCUT2D eigenvalue weighted by molar-refractivity contribution is 9.10. The summed E-state index contributed by atoms with van der Waals surface area (Å²) in [5.41, 5.74) is 1.26. The van der Waals surface area contributed by atoms with Gasteiger partial charge in [-0.3, -0.25) is 9.78 Å². The van der Waals surface area contributed by atoms with E-state index in [0.29, 0.717) is 15.8 Å². The lowest BCUT2D eigenvalue weighted by atomic mass is 10.1. The van der Waals surface area contributed by atoms with Gasteiger partial charge in [-0.25, -0.2) is 0 Å². The number of allylic oxidation sites excluding steroid dienone is 1. The number of phenols is 1. The predicted octanol–water partition coefficient (Wildman–Crippen LogP) is 3.45. The summed E-state index contributed by atoms with van der Waals surface area (Å²) in [5, 5.41) is 9.71. The van der Waals surface area contributed by atoms with Crippen LogP contribution < -0.4 is 4.74 Å². The van der Waals surface area contributed by atoms with E-state index in [1.165, 1.54) is 19.4 Å². The maximum absolute atomic E-state index is 11.9. The van der Waals surface area contributed by atoms with Crippen LogP contribution in [-0.4, -0.2) is 23.0 Å². The van der Waals surface area contributed by atoms with Crippen molar-refractivity contribution in [2.24, 2.45) is 0 Å². The summed E-state index contributed by atoms with van der Waals surface area (Å²) >= 11 is 3.23. The average molecular weight is 334 g/mol. The van der Waals surface area contributed by atoms with E-state index >= 15 is 0 Å². The number of methoxy groups -OCH3 is 1. The van der Waals surface area contributed by atoms with Gasteiger partial charge in [-0.1, -0.05) is 6.08 Å². The lowest BCUT2D eigenvalue weighted by Crippen LogP contribution is -1.94. The number of ether oxygens (including phenoxy) is 1. The zero-order valence-corrected chi connectivity index (χ0v) is 12.3. The standard InChI is InChI=1S/C15H12BrNO3/c1-20-14-8-10(7-12(16)15(14)19)4-5-13(18)11-3-2-6-17-9-11/h2-9,19H,1H3. The lowest BCUT2D eigenvalue weighted by Gasteiger charge is -2.06. The number of carbonyl (C=O) groups excluding carboxylic acids is 1. The molecule has 0 unspecified atom stereocenters. The Hall–Kier alpha value is -2.14. The number of phenolic OH excluding ortho intramolecular Hbond substituents is 1. The Labute approximate surface area is 124 Å². The summed E-state index contributed by atoms with van der Waals surface area (Å²) in [5.74, 6) is 0.234. The molecule has 0 aliphatic rings. The fourth-order valence-electron chi connectivity index (χ4n) is 1.62. The van der Waals surface area contributed by atoms with E-state index in [9.17, 15) is 9.90 Å². The smallest absolute Gasteiger partial charge is 0.187 e. The largest absolute Gasteiger partial charge is 0.503 e. The first-order valence-corrected chi connectivity index (χ1v) is 6.60. The first kappa shape index (κ1) is 14.3. The third-order valence-electron chi connectivity index (χ3n) is 2.64. The molecule has 1 aromatic heterocycles. The van der Waals surface area contributed by atoms with E-state index in [1.807, 2.05) is 0 Å². The van der Waals surface area contributed by atoms with Crippen molar-refractivity contribution in [1.82, 2.24) is 4.98 Å². The van der Waals surface area contributed by atoms with Crippen LogP contribution in [-0.2, 0) is 0 Å². The number of nitrogens with zero attached hydrogens (tertiary/aromatic N) is 1. The molecule has 0 bridgehead atoms. The lowest BCUT2D eigenvalue weighted by molar-refractivity contribution is 0.104. The molecule has 102 valence electrons. The number of halogens is 1. The molecule has 20 heavy (non-hydrogen) atoms. The fourth-order valence-corrected chi connectivity index (χ4v) is 2.08. The van der Waals surface area contributed by atoms with Crippen LogP contribution in [0.2, 0.25) is 0 Å². The van der Waals surface area contributed by atoms with Crippen LogP contribution in [0.1, 0.15) is 15.9 Å². The van der Waals surface area contributed by atoms with Gasteiger partial charge in [-0.05, 0) is 51.8 Å². The zero-order valence-electron chi connectivity index (χ0n) is 10.7. The number of pyridine rings is 1. The summed E-state index contributed by atoms with van der Waals surface area (Å²) in [6, 6.07) is 6.76. The highest BCUT2D eigenvalue weighted by atomic mass is 79.9. The number of hydrogen-bond acceptors (Lipinski definition) is 4. The van der Waals surface area contributed by atoms with Crippen LogP contribution in [0.4, 0.5) is 0 Å². The second-order valence-electron chi connectivity index (χ2n) is 3.99. The SMILES string of the molecule is COc1cc(C=CC(=O)c2cccnc2)cc(Br)c1O. The van der Waals surface area contributed by atoms with Crippen molar-refractivity contribution in [2.75, 3.05) is 7.11 Å². The molecule has 4 nitrogen and oxygen atoms in total. The number of carbonyl (C=O) groups is 1. The molecule has 0 spiro atoms. The third kappa shape index (κ3) is 3.24. The molecule has 1 heterocycles. The van der Waals surface area contributed by atoms with Crippen LogP contribution in [0.25, 0.3) is 6.08 Å². The summed E-state index contributed by atoms with van der Waals surface area (Å²) in [6.07, 6.45) is 6.24. The molecule has 2 rings (SSSR count). The van der Waals surface area contributed by atoms with Gasteiger partial charge in [0, 0.05) is 18.0 Å². The van der Waals surface area contributed by atoms with Crippen molar-refractivity contribution < 1.29 is 14.6 Å². The van der Waals surface area contributed by atoms with E-state index in [1.54, 1.807) is 36.5 Å². The zero-order chi connectivity index (χ0) is 14.5. The van der Waals surface area contributed by atoms with Crippen LogP contribution in [0.3, 0.4) is 0 Å². The van der Waals surface area contributed by atoms with Crippen molar-refractivity contribution in [3.8, 4) is 11.5 Å². The van der Waals surface area contributed by atoms with Gasteiger partial charge in [-0.2, -0.15) is 0 Å². The molecular weight excluding hydrogens is 322 g/mol. The van der Waals surface area contributed by atoms with Crippen LogP contribution >= 0.6 is 15.9 Å². The number of aromatic nitrogens is 1. The summed E-state index contributed by atoms with van der Waals surface area (Å²) in [4.78, 5) is 15.8. The Morgan fingerprint density at radius 2 is 2.25 bits per heavy atom. The van der Waals surface area contributed by atoms with Gasteiger partial charge in [-0.15, -0.1) is 0 Å². The first-order chi connectivity index (χ1) is 9.61. The number of rotatable bonds is 4. The summed E-state index contributed by atoms with van der Waals surface area (Å²) in [6.45, 7) is 0. The minimum atomic E-state index is -0.138. The minimum absolute atomic E-state index is 0.0308. The molecule has 5 heteroatoms. The molecule has 0 amide bonds. The molecule has 0 saturated heterocycles. The molecule has 1 N–H and O–H groups in total. The summed E-state index contributed by atoms with van der Waals surface area (Å²) < 4.78 is 5.55. The van der Waals surface area contributed by atoms with Gasteiger partial charge in [0.2, 0.25) is 0 Å². The minimum Gasteiger partial charge on any atom is -0.503 e. The average Bonchev–Trinajstić information content (AvgIpc) is 2.48. The number of aromatic hydroxyl groups is 1. The highest BCUT2D eigenvalue weighted by Gasteiger charge is 2.07. The van der Waals surface area contributed by atoms with Crippen LogP contribution in [0, 0.1) is 0 Å². The van der Waals surface area contributed by atoms with Crippen LogP contribution in [0.15, 0.2) is 47.2 Å². The second kappa shape index (κ2) is 6.34. The van der Waals surface area contributed by atoms with Gasteiger partial charge in [0.05, 0.1) is 11.6 Å². The predicted molar refractivity (Wildman–Crippen MR) is 80.0 cm³/mol. The van der Waals surface area contributed by atoms with E-state index in [-0.39, 0.29) is 11.5 Å². The van der Waals surface area contributed by atoms with Crippen molar-refractivity contribution >= 4 is 27.8 Å². The normalized spacial score (nSPS) is 10.7. The first-order valence-electron chi connectivity index (χ1n) is 5.80. The number of benzene rings is 1. The van der Waals surface area contributed by atoms with E-state index in [2.05, 4.69) is 20.9 Å². The van der Waals surface area contributed by atoms with Gasteiger partial charge in [0.25, 0.3) is 0 Å². The molecule has 0 saturated carbocycles. The topological polar surface area (TPSA) is 59.4 Å². The van der Waals surface area contributed by atoms with E-state index < -0.39 is 0 Å². The molecule has 0 radical (unpaired) electrons. The maximum Gasteiger partial charge on any atom is 0.187 e. The van der Waals surface area contributed by atoms with Gasteiger partial charge in [0.1, 0.15) is 0 Å². The molecule has 0 aliphatic carbocycles. The Bertz CT molecular complexity index is 654. The highest BCUT2D eigenvalue weighted by Crippen LogP contribution is 2.35. The quantitative estimate of drug-likeness (QED) is 0.687. The molecule has 0 atom stereocenters. The van der Waals surface area contributed by atoms with E-state index in [4.69, 9.17) is 4.74 Å². The Morgan fingerprint density at radius 3 is 2.90 bits per heavy atom. The monoisotopic (exact) mass is 333 g/mol. The fraction of sp³-hybridized carbons (Fsp3) is 0.0667. The van der Waals surface area contributed by atoms with Crippen molar-refractivity contribution in [2.45, 2.75) is 0 Å². The van der Waals surface area contributed by atoms with Gasteiger partial charge >= 0.3 is 0 Å². The summed E-state index contributed by atoms with van der Waals surface area (Å²) in [7, 11) is 1.47. The van der Waals surface area contributed by atoms with Crippen molar-refractivity contribution in [3.05, 3.63) is 58.3 Å². The van der Waals surface area contributed by atoms with Crippen molar-refractivity contribution in [1.29, 1.82) is 0 Å². The Morgan fingerprint density at radius 1 is 1.45 bits per heavy atom. The Kier molecular flexibility index (Phi) is 4.53. The number of ketones is 1. The van der Waals surface area contributed by atoms with Gasteiger partial charge in [0.15, 0.2) is 17.3 Å². The third-order valence-corrected chi connectivity index (χ3v) is 3.25. The Balaban J connectivity index is 2.24. The molecule has 2 aromatic rings. The molecule has 1 aromatic carbocycles. The second-order valence-corrected chi connectivity index (χ2v) is 4.85. The molecule has 0 aliphatic heterocycles. The van der Waals surface area contributed by atoms with E-state index in [0.717, 1.165) is 5.56 Å². The molecular formula is C15H12BrNO3. The van der Waals surface area contributed by atoms with Crippen LogP contribution in [0.5, 0.6) is 11.5 Å².